The fourth-order valence-corrected chi connectivity index (χ4v) is 2.97. The highest BCUT2D eigenvalue weighted by Gasteiger charge is 2.30. The van der Waals surface area contributed by atoms with Crippen LogP contribution in [0.5, 0.6) is 5.75 Å². The highest BCUT2D eigenvalue weighted by atomic mass is 32.1. The average Bonchev–Trinajstić information content (AvgIpc) is 3.08. The molecule has 0 fully saturated rings. The Balaban J connectivity index is 1.50. The molecule has 28 heavy (non-hydrogen) atoms. The lowest BCUT2D eigenvalue weighted by atomic mass is 10.2. The Hall–Kier alpha value is -3.14. The SMILES string of the molecule is O=C(Cc1csc(Nc2ccc(OC(F)(F)F)cc2)n1)NCc1ccncc1. The standard InChI is InChI=1S/C18H15F3N4O2S/c19-18(20,21)27-15-3-1-13(2-4-15)24-17-25-14(11-28-17)9-16(26)23-10-12-5-7-22-8-6-12/h1-8,11H,9-10H2,(H,23,26)(H,24,25). The predicted octanol–water partition coefficient (Wildman–Crippen LogP) is 4.04. The summed E-state index contributed by atoms with van der Waals surface area (Å²) in [5.41, 5.74) is 2.09. The number of aromatic nitrogens is 2. The lowest BCUT2D eigenvalue weighted by molar-refractivity contribution is -0.274. The number of carbonyl (C=O) groups excluding carboxylic acids is 1. The van der Waals surface area contributed by atoms with Gasteiger partial charge in [0.2, 0.25) is 5.91 Å². The summed E-state index contributed by atoms with van der Waals surface area (Å²) in [6, 6.07) is 8.94. The zero-order valence-electron chi connectivity index (χ0n) is 14.4. The van der Waals surface area contributed by atoms with E-state index in [-0.39, 0.29) is 18.1 Å². The first-order chi connectivity index (χ1) is 13.4. The minimum atomic E-state index is -4.73. The topological polar surface area (TPSA) is 76.1 Å². The van der Waals surface area contributed by atoms with E-state index in [0.717, 1.165) is 5.56 Å². The van der Waals surface area contributed by atoms with Crippen molar-refractivity contribution in [3.05, 3.63) is 65.4 Å². The summed E-state index contributed by atoms with van der Waals surface area (Å²) in [6.45, 7) is 0.406. The Morgan fingerprint density at radius 1 is 1.11 bits per heavy atom. The Morgan fingerprint density at radius 2 is 1.82 bits per heavy atom. The van der Waals surface area contributed by atoms with E-state index in [1.807, 2.05) is 12.1 Å². The lowest BCUT2D eigenvalue weighted by Gasteiger charge is -2.09. The van der Waals surface area contributed by atoms with E-state index in [1.165, 1.54) is 35.6 Å². The fourth-order valence-electron chi connectivity index (χ4n) is 2.24. The number of amides is 1. The van der Waals surface area contributed by atoms with E-state index in [4.69, 9.17) is 0 Å². The van der Waals surface area contributed by atoms with Gasteiger partial charge in [0, 0.05) is 30.0 Å². The number of halogens is 3. The number of pyridine rings is 1. The number of rotatable bonds is 7. The molecule has 0 aliphatic rings. The fraction of sp³-hybridized carbons (Fsp3) is 0.167. The third-order valence-corrected chi connectivity index (χ3v) is 4.28. The van der Waals surface area contributed by atoms with Gasteiger partial charge in [-0.25, -0.2) is 4.98 Å². The molecule has 0 unspecified atom stereocenters. The number of anilines is 2. The number of hydrogen-bond donors (Lipinski definition) is 2. The van der Waals surface area contributed by atoms with Crippen molar-refractivity contribution in [2.24, 2.45) is 0 Å². The molecule has 146 valence electrons. The molecule has 0 bridgehead atoms. The van der Waals surface area contributed by atoms with Crippen LogP contribution in [-0.4, -0.2) is 22.2 Å². The van der Waals surface area contributed by atoms with Crippen LogP contribution in [0.2, 0.25) is 0 Å². The molecular weight excluding hydrogens is 393 g/mol. The number of nitrogens with one attached hydrogen (secondary N) is 2. The summed E-state index contributed by atoms with van der Waals surface area (Å²) in [5, 5.41) is 8.05. The first-order valence-electron chi connectivity index (χ1n) is 8.10. The van der Waals surface area contributed by atoms with Crippen LogP contribution >= 0.6 is 11.3 Å². The monoisotopic (exact) mass is 408 g/mol. The third kappa shape index (κ3) is 6.23. The molecule has 0 saturated heterocycles. The summed E-state index contributed by atoms with van der Waals surface area (Å²) in [5.74, 6) is -0.467. The van der Waals surface area contributed by atoms with Crippen molar-refractivity contribution in [2.75, 3.05) is 5.32 Å². The van der Waals surface area contributed by atoms with Crippen LogP contribution in [0.25, 0.3) is 0 Å². The number of nitrogens with zero attached hydrogens (tertiary/aromatic N) is 2. The van der Waals surface area contributed by atoms with Crippen molar-refractivity contribution >= 4 is 28.1 Å². The smallest absolute Gasteiger partial charge is 0.406 e. The van der Waals surface area contributed by atoms with E-state index < -0.39 is 6.36 Å². The number of hydrogen-bond acceptors (Lipinski definition) is 6. The Bertz CT molecular complexity index is 915. The van der Waals surface area contributed by atoms with E-state index in [9.17, 15) is 18.0 Å². The van der Waals surface area contributed by atoms with E-state index in [2.05, 4.69) is 25.3 Å². The molecule has 0 aliphatic heterocycles. The zero-order valence-corrected chi connectivity index (χ0v) is 15.2. The highest BCUT2D eigenvalue weighted by Crippen LogP contribution is 2.26. The lowest BCUT2D eigenvalue weighted by Crippen LogP contribution is -2.24. The normalized spacial score (nSPS) is 11.1. The summed E-state index contributed by atoms with van der Waals surface area (Å²) in [7, 11) is 0. The zero-order chi connectivity index (χ0) is 20.0. The van der Waals surface area contributed by atoms with Crippen LogP contribution in [0.4, 0.5) is 24.0 Å². The van der Waals surface area contributed by atoms with Gasteiger partial charge in [-0.3, -0.25) is 9.78 Å². The first kappa shape index (κ1) is 19.6. The van der Waals surface area contributed by atoms with Gasteiger partial charge in [0.05, 0.1) is 12.1 Å². The third-order valence-electron chi connectivity index (χ3n) is 3.47. The van der Waals surface area contributed by atoms with Crippen LogP contribution in [0, 0.1) is 0 Å². The van der Waals surface area contributed by atoms with Crippen molar-refractivity contribution in [2.45, 2.75) is 19.3 Å². The molecule has 2 aromatic heterocycles. The van der Waals surface area contributed by atoms with Gasteiger partial charge in [-0.15, -0.1) is 24.5 Å². The molecule has 0 spiro atoms. The molecular formula is C18H15F3N4O2S. The second kappa shape index (κ2) is 8.70. The molecule has 0 aliphatic carbocycles. The molecule has 0 saturated carbocycles. The van der Waals surface area contributed by atoms with Gasteiger partial charge < -0.3 is 15.4 Å². The number of benzene rings is 1. The predicted molar refractivity (Wildman–Crippen MR) is 98.3 cm³/mol. The Morgan fingerprint density at radius 3 is 2.50 bits per heavy atom. The van der Waals surface area contributed by atoms with Gasteiger partial charge in [0.1, 0.15) is 5.75 Å². The molecule has 0 atom stereocenters. The maximum atomic E-state index is 12.2. The van der Waals surface area contributed by atoms with E-state index >= 15 is 0 Å². The van der Waals surface area contributed by atoms with Crippen molar-refractivity contribution in [1.29, 1.82) is 0 Å². The second-order valence-corrected chi connectivity index (χ2v) is 6.51. The Labute approximate surface area is 162 Å². The van der Waals surface area contributed by atoms with Crippen molar-refractivity contribution in [1.82, 2.24) is 15.3 Å². The van der Waals surface area contributed by atoms with Gasteiger partial charge in [-0.2, -0.15) is 0 Å². The minimum absolute atomic E-state index is 0.127. The quantitative estimate of drug-likeness (QED) is 0.617. The molecule has 3 aromatic rings. The maximum Gasteiger partial charge on any atom is 0.573 e. The molecule has 1 aromatic carbocycles. The number of carbonyl (C=O) groups is 1. The summed E-state index contributed by atoms with van der Waals surface area (Å²) in [4.78, 5) is 20.2. The molecule has 10 heteroatoms. The van der Waals surface area contributed by atoms with Crippen molar-refractivity contribution < 1.29 is 22.7 Å². The van der Waals surface area contributed by atoms with Gasteiger partial charge in [0.25, 0.3) is 0 Å². The van der Waals surface area contributed by atoms with E-state index in [0.29, 0.717) is 23.1 Å². The minimum Gasteiger partial charge on any atom is -0.406 e. The molecule has 2 N–H and O–H groups in total. The van der Waals surface area contributed by atoms with Gasteiger partial charge in [-0.05, 0) is 42.0 Å². The van der Waals surface area contributed by atoms with Crippen molar-refractivity contribution in [3.63, 3.8) is 0 Å². The Kier molecular flexibility index (Phi) is 6.09. The number of alkyl halides is 3. The van der Waals surface area contributed by atoms with Gasteiger partial charge in [-0.1, -0.05) is 0 Å². The molecule has 6 nitrogen and oxygen atoms in total. The van der Waals surface area contributed by atoms with Crippen molar-refractivity contribution in [3.8, 4) is 5.75 Å². The largest absolute Gasteiger partial charge is 0.573 e. The molecule has 0 radical (unpaired) electrons. The maximum absolute atomic E-state index is 12.2. The van der Waals surface area contributed by atoms with Crippen LogP contribution in [0.1, 0.15) is 11.3 Å². The summed E-state index contributed by atoms with van der Waals surface area (Å²) < 4.78 is 40.3. The molecule has 2 heterocycles. The van der Waals surface area contributed by atoms with Gasteiger partial charge in [0.15, 0.2) is 5.13 Å². The van der Waals surface area contributed by atoms with Crippen LogP contribution in [-0.2, 0) is 17.8 Å². The second-order valence-electron chi connectivity index (χ2n) is 5.65. The number of thiazole rings is 1. The van der Waals surface area contributed by atoms with Crippen LogP contribution in [0.15, 0.2) is 54.2 Å². The number of ether oxygens (including phenoxy) is 1. The first-order valence-corrected chi connectivity index (χ1v) is 8.98. The molecule has 1 amide bonds. The van der Waals surface area contributed by atoms with Gasteiger partial charge >= 0.3 is 6.36 Å². The van der Waals surface area contributed by atoms with Crippen LogP contribution in [0.3, 0.4) is 0 Å². The van der Waals surface area contributed by atoms with E-state index in [1.54, 1.807) is 17.8 Å². The highest BCUT2D eigenvalue weighted by molar-refractivity contribution is 7.13. The summed E-state index contributed by atoms with van der Waals surface area (Å²) in [6.07, 6.45) is -1.29. The molecule has 3 rings (SSSR count). The average molecular weight is 408 g/mol. The summed E-state index contributed by atoms with van der Waals surface area (Å²) >= 11 is 1.29. The van der Waals surface area contributed by atoms with Crippen LogP contribution < -0.4 is 15.4 Å².